The van der Waals surface area contributed by atoms with Crippen LogP contribution in [0, 0.1) is 9.39 Å². The Hall–Kier alpha value is -1.15. The van der Waals surface area contributed by atoms with Crippen LogP contribution in [0.15, 0.2) is 40.9 Å². The van der Waals surface area contributed by atoms with Gasteiger partial charge >= 0.3 is 0 Å². The molecule has 0 spiro atoms. The number of phenols is 1. The smallest absolute Gasteiger partial charge is 0.256 e. The van der Waals surface area contributed by atoms with Gasteiger partial charge in [0.25, 0.3) is 5.91 Å². The van der Waals surface area contributed by atoms with Crippen LogP contribution in [0.2, 0.25) is 0 Å². The number of hydrogen-bond donors (Lipinski definition) is 2. The average Bonchev–Trinajstić information content (AvgIpc) is 2.36. The fourth-order valence-electron chi connectivity index (χ4n) is 1.45. The van der Waals surface area contributed by atoms with E-state index in [-0.39, 0.29) is 11.6 Å². The summed E-state index contributed by atoms with van der Waals surface area (Å²) in [4.78, 5) is 12.1. The molecule has 2 rings (SSSR count). The van der Waals surface area contributed by atoms with E-state index in [1.54, 1.807) is 12.1 Å². The number of hydrogen-bond acceptors (Lipinski definition) is 2. The minimum Gasteiger partial charge on any atom is -0.505 e. The highest BCUT2D eigenvalue weighted by Gasteiger charge is 2.11. The lowest BCUT2D eigenvalue weighted by Crippen LogP contribution is -2.13. The molecule has 0 atom stereocenters. The molecule has 0 saturated heterocycles. The third-order valence-electron chi connectivity index (χ3n) is 2.38. The summed E-state index contributed by atoms with van der Waals surface area (Å²) in [5.41, 5.74) is 0.777. The quantitative estimate of drug-likeness (QED) is 0.550. The molecule has 0 unspecified atom stereocenters. The van der Waals surface area contributed by atoms with E-state index in [4.69, 9.17) is 5.11 Å². The van der Waals surface area contributed by atoms with E-state index < -0.39 is 11.6 Å². The molecule has 0 aliphatic carbocycles. The van der Waals surface area contributed by atoms with E-state index in [2.05, 4.69) is 43.8 Å². The lowest BCUT2D eigenvalue weighted by Gasteiger charge is -2.08. The summed E-state index contributed by atoms with van der Waals surface area (Å²) in [6.07, 6.45) is 0. The van der Waals surface area contributed by atoms with Crippen molar-refractivity contribution < 1.29 is 14.3 Å². The number of aromatic hydroxyl groups is 1. The van der Waals surface area contributed by atoms with Gasteiger partial charge in [-0.15, -0.1) is 0 Å². The van der Waals surface area contributed by atoms with Crippen LogP contribution in [-0.4, -0.2) is 11.0 Å². The van der Waals surface area contributed by atoms with Gasteiger partial charge in [0.15, 0.2) is 11.6 Å². The molecule has 2 N–H and O–H groups in total. The van der Waals surface area contributed by atoms with Gasteiger partial charge in [-0.25, -0.2) is 4.39 Å². The van der Waals surface area contributed by atoms with Crippen molar-refractivity contribution in [2.24, 2.45) is 0 Å². The topological polar surface area (TPSA) is 49.3 Å². The molecule has 0 aliphatic rings. The van der Waals surface area contributed by atoms with Crippen LogP contribution in [0.25, 0.3) is 0 Å². The second-order valence-electron chi connectivity index (χ2n) is 3.74. The maximum atomic E-state index is 13.2. The largest absolute Gasteiger partial charge is 0.505 e. The van der Waals surface area contributed by atoms with Gasteiger partial charge in [-0.3, -0.25) is 4.79 Å². The van der Waals surface area contributed by atoms with Gasteiger partial charge in [-0.05, 0) is 52.9 Å². The molecule has 0 saturated carbocycles. The van der Waals surface area contributed by atoms with E-state index in [0.717, 1.165) is 14.1 Å². The zero-order valence-corrected chi connectivity index (χ0v) is 13.2. The minimum absolute atomic E-state index is 0.288. The summed E-state index contributed by atoms with van der Waals surface area (Å²) >= 11 is 5.35. The van der Waals surface area contributed by atoms with Gasteiger partial charge in [0, 0.05) is 19.8 Å². The van der Waals surface area contributed by atoms with Gasteiger partial charge in [0.05, 0.1) is 5.56 Å². The molecule has 0 fully saturated rings. The van der Waals surface area contributed by atoms with Crippen molar-refractivity contribution in [3.63, 3.8) is 0 Å². The molecule has 19 heavy (non-hydrogen) atoms. The molecule has 0 heterocycles. The fraction of sp³-hybridized carbons (Fsp3) is 0. The Labute approximate surface area is 131 Å². The second kappa shape index (κ2) is 5.87. The highest BCUT2D eigenvalue weighted by Crippen LogP contribution is 2.22. The number of halogens is 3. The summed E-state index contributed by atoms with van der Waals surface area (Å²) in [5, 5.41) is 11.7. The normalized spacial score (nSPS) is 10.3. The monoisotopic (exact) mass is 435 g/mol. The molecule has 0 radical (unpaired) electrons. The third kappa shape index (κ3) is 3.44. The lowest BCUT2D eigenvalue weighted by atomic mass is 10.2. The average molecular weight is 436 g/mol. The van der Waals surface area contributed by atoms with Crippen LogP contribution in [0.3, 0.4) is 0 Å². The van der Waals surface area contributed by atoms with Crippen LogP contribution >= 0.6 is 38.5 Å². The molecule has 0 bridgehead atoms. The van der Waals surface area contributed by atoms with E-state index in [9.17, 15) is 9.18 Å². The second-order valence-corrected chi connectivity index (χ2v) is 5.82. The zero-order chi connectivity index (χ0) is 14.0. The van der Waals surface area contributed by atoms with Crippen molar-refractivity contribution in [1.82, 2.24) is 0 Å². The molecule has 98 valence electrons. The molecular weight excluding hydrogens is 428 g/mol. The fourth-order valence-corrected chi connectivity index (χ4v) is 2.40. The highest BCUT2D eigenvalue weighted by molar-refractivity contribution is 14.1. The van der Waals surface area contributed by atoms with Gasteiger partial charge < -0.3 is 10.4 Å². The predicted molar refractivity (Wildman–Crippen MR) is 82.9 cm³/mol. The predicted octanol–water partition coefficient (Wildman–Crippen LogP) is 4.15. The number of carbonyl (C=O) groups is 1. The first kappa shape index (κ1) is 14.3. The van der Waals surface area contributed by atoms with Crippen molar-refractivity contribution in [3.05, 3.63) is 55.8 Å². The molecule has 2 aromatic rings. The SMILES string of the molecule is O=C(Nc1ccc(O)c(F)c1)c1cc(Br)ccc1I. The van der Waals surface area contributed by atoms with Crippen molar-refractivity contribution in [2.45, 2.75) is 0 Å². The Bertz CT molecular complexity index is 649. The molecule has 6 heteroatoms. The number of carbonyl (C=O) groups excluding carboxylic acids is 1. The van der Waals surface area contributed by atoms with Crippen LogP contribution in [0.4, 0.5) is 10.1 Å². The summed E-state index contributed by atoms with van der Waals surface area (Å²) in [5.74, 6) is -1.56. The van der Waals surface area contributed by atoms with E-state index >= 15 is 0 Å². The maximum absolute atomic E-state index is 13.2. The first-order valence-corrected chi connectivity index (χ1v) is 7.09. The third-order valence-corrected chi connectivity index (χ3v) is 3.81. The number of rotatable bonds is 2. The molecular formula is C13H8BrFINO2. The summed E-state index contributed by atoms with van der Waals surface area (Å²) in [6.45, 7) is 0. The Morgan fingerprint density at radius 2 is 2.00 bits per heavy atom. The number of benzene rings is 2. The first-order chi connectivity index (χ1) is 8.97. The number of amides is 1. The van der Waals surface area contributed by atoms with Crippen LogP contribution < -0.4 is 5.32 Å². The summed E-state index contributed by atoms with van der Waals surface area (Å²) in [6, 6.07) is 9.01. The van der Waals surface area contributed by atoms with Crippen molar-refractivity contribution in [1.29, 1.82) is 0 Å². The van der Waals surface area contributed by atoms with E-state index in [0.29, 0.717) is 5.56 Å². The van der Waals surface area contributed by atoms with Crippen LogP contribution in [0.1, 0.15) is 10.4 Å². The summed E-state index contributed by atoms with van der Waals surface area (Å²) < 4.78 is 14.7. The van der Waals surface area contributed by atoms with Crippen LogP contribution in [-0.2, 0) is 0 Å². The molecule has 3 nitrogen and oxygen atoms in total. The maximum Gasteiger partial charge on any atom is 0.256 e. The number of nitrogens with one attached hydrogen (secondary N) is 1. The standard InChI is InChI=1S/C13H8BrFINO2/c14-7-1-3-11(16)9(5-7)13(19)17-8-2-4-12(18)10(15)6-8/h1-6,18H,(H,17,19). The Morgan fingerprint density at radius 1 is 1.26 bits per heavy atom. The lowest BCUT2D eigenvalue weighted by molar-refractivity contribution is 0.102. The number of phenolic OH excluding ortho intramolecular Hbond substituents is 1. The van der Waals surface area contributed by atoms with Gasteiger partial charge in [-0.1, -0.05) is 15.9 Å². The van der Waals surface area contributed by atoms with Gasteiger partial charge in [-0.2, -0.15) is 0 Å². The van der Waals surface area contributed by atoms with Gasteiger partial charge in [0.1, 0.15) is 0 Å². The van der Waals surface area contributed by atoms with Crippen molar-refractivity contribution in [2.75, 3.05) is 5.32 Å². The molecule has 0 aliphatic heterocycles. The summed E-state index contributed by atoms with van der Waals surface area (Å²) in [7, 11) is 0. The minimum atomic E-state index is -0.776. The molecule has 1 amide bonds. The van der Waals surface area contributed by atoms with Crippen molar-refractivity contribution >= 4 is 50.1 Å². The zero-order valence-electron chi connectivity index (χ0n) is 9.45. The van der Waals surface area contributed by atoms with Gasteiger partial charge in [0.2, 0.25) is 0 Å². The Balaban J connectivity index is 2.25. The highest BCUT2D eigenvalue weighted by atomic mass is 127. The van der Waals surface area contributed by atoms with Crippen molar-refractivity contribution in [3.8, 4) is 5.75 Å². The van der Waals surface area contributed by atoms with Crippen LogP contribution in [0.5, 0.6) is 5.75 Å². The number of anilines is 1. The molecule has 2 aromatic carbocycles. The van der Waals surface area contributed by atoms with E-state index in [1.807, 2.05) is 6.07 Å². The Morgan fingerprint density at radius 3 is 2.68 bits per heavy atom. The Kier molecular flexibility index (Phi) is 4.41. The van der Waals surface area contributed by atoms with E-state index in [1.165, 1.54) is 12.1 Å². The molecule has 0 aromatic heterocycles. The first-order valence-electron chi connectivity index (χ1n) is 5.22.